The zero-order chi connectivity index (χ0) is 8.04. The molecule has 9 heteroatoms. The van der Waals surface area contributed by atoms with E-state index in [1.807, 2.05) is 0 Å². The van der Waals surface area contributed by atoms with E-state index in [1.165, 1.54) is 6.33 Å². The minimum absolute atomic E-state index is 1.46. The van der Waals surface area contributed by atoms with Crippen molar-refractivity contribution in [2.75, 3.05) is 0 Å². The molecule has 0 aromatic carbocycles. The SMILES string of the molecule is O=S(=O)([O-])O.c1nn[nH][nH+]1. The van der Waals surface area contributed by atoms with Gasteiger partial charge in [0.15, 0.2) is 5.21 Å². The molecule has 1 heterocycles. The number of tetrazole rings is 1. The molecule has 1 rings (SSSR count). The third-order valence-corrected chi connectivity index (χ3v) is 0.295. The molecule has 8 nitrogen and oxygen atoms in total. The maximum atomic E-state index is 8.63. The molecule has 0 fully saturated rings. The Bertz CT molecular complexity index is 213. The minimum atomic E-state index is -4.92. The first-order valence-electron chi connectivity index (χ1n) is 1.90. The highest BCUT2D eigenvalue weighted by molar-refractivity contribution is 7.79. The maximum absolute atomic E-state index is 8.63. The van der Waals surface area contributed by atoms with E-state index in [0.717, 1.165) is 0 Å². The lowest BCUT2D eigenvalue weighted by Gasteiger charge is -1.88. The largest absolute Gasteiger partial charge is 0.726 e. The van der Waals surface area contributed by atoms with Crippen LogP contribution in [0.15, 0.2) is 6.33 Å². The molecule has 0 aliphatic rings. The number of aromatic nitrogens is 4. The number of nitrogens with one attached hydrogen (secondary N) is 2. The van der Waals surface area contributed by atoms with Crippen LogP contribution in [0.3, 0.4) is 0 Å². The molecule has 0 unspecified atom stereocenters. The summed E-state index contributed by atoms with van der Waals surface area (Å²) in [5.41, 5.74) is 0. The summed E-state index contributed by atoms with van der Waals surface area (Å²) < 4.78 is 32.8. The highest BCUT2D eigenvalue weighted by atomic mass is 32.3. The Hall–Kier alpha value is -1.06. The van der Waals surface area contributed by atoms with Crippen LogP contribution in [-0.2, 0) is 10.4 Å². The standard InChI is InChI=1S/CH2N4.H2O4S/c1-2-4-5-3-1;1-5(2,3)4/h1H,(H,2,3,4,5);(H2,1,2,3,4). The van der Waals surface area contributed by atoms with Crippen molar-refractivity contribution in [2.24, 2.45) is 0 Å². The van der Waals surface area contributed by atoms with Gasteiger partial charge in [-0.3, -0.25) is 4.55 Å². The summed E-state index contributed by atoms with van der Waals surface area (Å²) >= 11 is 0. The van der Waals surface area contributed by atoms with Crippen molar-refractivity contribution in [2.45, 2.75) is 0 Å². The Kier molecular flexibility index (Phi) is 3.46. The molecule has 0 bridgehead atoms. The van der Waals surface area contributed by atoms with Crippen molar-refractivity contribution in [3.05, 3.63) is 6.33 Å². The monoisotopic (exact) mass is 168 g/mol. The smallest absolute Gasteiger partial charge is 0.286 e. The van der Waals surface area contributed by atoms with Crippen LogP contribution in [0, 0.1) is 0 Å². The summed E-state index contributed by atoms with van der Waals surface area (Å²) in [5.74, 6) is 0. The lowest BCUT2D eigenvalue weighted by atomic mass is 11.4. The molecule has 0 amide bonds. The van der Waals surface area contributed by atoms with E-state index in [9.17, 15) is 0 Å². The van der Waals surface area contributed by atoms with Gasteiger partial charge in [0, 0.05) is 0 Å². The quantitative estimate of drug-likeness (QED) is 0.328. The second-order valence-electron chi connectivity index (χ2n) is 1.03. The normalized spacial score (nSPS) is 9.80. The number of rotatable bonds is 0. The van der Waals surface area contributed by atoms with Gasteiger partial charge in [-0.05, 0) is 0 Å². The molecular formula is CH4N4O4S. The molecular weight excluding hydrogens is 164 g/mol. The maximum Gasteiger partial charge on any atom is 0.286 e. The molecule has 3 N–H and O–H groups in total. The molecule has 10 heavy (non-hydrogen) atoms. The molecule has 0 saturated carbocycles. The summed E-state index contributed by atoms with van der Waals surface area (Å²) in [6, 6.07) is 0. The third kappa shape index (κ3) is 15.8. The van der Waals surface area contributed by atoms with Crippen LogP contribution >= 0.6 is 0 Å². The second kappa shape index (κ2) is 3.87. The van der Waals surface area contributed by atoms with Gasteiger partial charge in [-0.15, -0.1) is 0 Å². The van der Waals surface area contributed by atoms with Crippen LogP contribution in [0.25, 0.3) is 0 Å². The van der Waals surface area contributed by atoms with Crippen LogP contribution in [0.2, 0.25) is 0 Å². The lowest BCUT2D eigenvalue weighted by Crippen LogP contribution is -1.97. The van der Waals surface area contributed by atoms with Gasteiger partial charge < -0.3 is 4.55 Å². The third-order valence-electron chi connectivity index (χ3n) is 0.295. The zero-order valence-corrected chi connectivity index (χ0v) is 5.37. The topological polar surface area (TPSA) is 133 Å². The van der Waals surface area contributed by atoms with Gasteiger partial charge in [0.25, 0.3) is 6.33 Å². The van der Waals surface area contributed by atoms with Crippen molar-refractivity contribution in [1.82, 2.24) is 15.5 Å². The molecule has 0 aliphatic heterocycles. The first-order chi connectivity index (χ1) is 4.50. The molecule has 0 radical (unpaired) electrons. The van der Waals surface area contributed by atoms with Crippen LogP contribution in [0.4, 0.5) is 0 Å². The Morgan fingerprint density at radius 2 is 2.20 bits per heavy atom. The molecule has 0 spiro atoms. The van der Waals surface area contributed by atoms with E-state index in [2.05, 4.69) is 20.6 Å². The Balaban J connectivity index is 0.000000162. The van der Waals surface area contributed by atoms with Gasteiger partial charge >= 0.3 is 0 Å². The van der Waals surface area contributed by atoms with Crippen LogP contribution < -0.4 is 5.10 Å². The summed E-state index contributed by atoms with van der Waals surface area (Å²) in [4.78, 5) is 0. The fourth-order valence-corrected chi connectivity index (χ4v) is 0.144. The van der Waals surface area contributed by atoms with Crippen LogP contribution in [0.5, 0.6) is 0 Å². The summed E-state index contributed by atoms with van der Waals surface area (Å²) in [6.07, 6.45) is 1.46. The number of hydrogen-bond acceptors (Lipinski definition) is 5. The molecule has 1 aromatic rings. The predicted molar refractivity (Wildman–Crippen MR) is 25.3 cm³/mol. The Labute approximate surface area is 55.8 Å². The van der Waals surface area contributed by atoms with Crippen molar-refractivity contribution >= 4 is 10.4 Å². The van der Waals surface area contributed by atoms with Crippen LogP contribution in [0.1, 0.15) is 0 Å². The average molecular weight is 168 g/mol. The van der Waals surface area contributed by atoms with Crippen LogP contribution in [-0.4, -0.2) is 33.0 Å². The number of hydrogen-bond donors (Lipinski definition) is 2. The Morgan fingerprint density at radius 1 is 1.70 bits per heavy atom. The van der Waals surface area contributed by atoms with E-state index in [4.69, 9.17) is 17.5 Å². The molecule has 58 valence electrons. The molecule has 0 atom stereocenters. The van der Waals surface area contributed by atoms with Gasteiger partial charge in [0.05, 0.1) is 0 Å². The minimum Gasteiger partial charge on any atom is -0.726 e. The predicted octanol–water partition coefficient (Wildman–Crippen LogP) is -2.38. The fraction of sp³-hybridized carbons (Fsp3) is 0. The number of H-pyrrole nitrogens is 2. The average Bonchev–Trinajstić information content (AvgIpc) is 2.07. The van der Waals surface area contributed by atoms with Crippen molar-refractivity contribution in [1.29, 1.82) is 0 Å². The molecule has 0 aliphatic carbocycles. The van der Waals surface area contributed by atoms with E-state index >= 15 is 0 Å². The zero-order valence-electron chi connectivity index (χ0n) is 4.55. The highest BCUT2D eigenvalue weighted by Crippen LogP contribution is 1.58. The van der Waals surface area contributed by atoms with Gasteiger partial charge in [-0.25, -0.2) is 8.42 Å². The van der Waals surface area contributed by atoms with Crippen molar-refractivity contribution in [3.8, 4) is 0 Å². The van der Waals surface area contributed by atoms with E-state index in [1.54, 1.807) is 0 Å². The van der Waals surface area contributed by atoms with E-state index < -0.39 is 10.4 Å². The summed E-state index contributed by atoms with van der Waals surface area (Å²) in [7, 11) is -4.92. The summed E-state index contributed by atoms with van der Waals surface area (Å²) in [5, 5.41) is 11.5. The lowest BCUT2D eigenvalue weighted by molar-refractivity contribution is -0.456. The number of nitrogens with zero attached hydrogens (tertiary/aromatic N) is 2. The van der Waals surface area contributed by atoms with Crippen molar-refractivity contribution in [3.63, 3.8) is 0 Å². The first kappa shape index (κ1) is 8.94. The van der Waals surface area contributed by atoms with Crippen molar-refractivity contribution < 1.29 is 22.6 Å². The second-order valence-corrected chi connectivity index (χ2v) is 1.88. The first-order valence-corrected chi connectivity index (χ1v) is 3.27. The molecule has 0 saturated heterocycles. The summed E-state index contributed by atoms with van der Waals surface area (Å²) in [6.45, 7) is 0. The van der Waals surface area contributed by atoms with Gasteiger partial charge in [0.2, 0.25) is 10.4 Å². The van der Waals surface area contributed by atoms with E-state index in [0.29, 0.717) is 0 Å². The molecule has 1 aromatic heterocycles. The van der Waals surface area contributed by atoms with Gasteiger partial charge in [-0.2, -0.15) is 5.10 Å². The van der Waals surface area contributed by atoms with E-state index in [-0.39, 0.29) is 0 Å². The highest BCUT2D eigenvalue weighted by Gasteiger charge is 1.71. The van der Waals surface area contributed by atoms with Gasteiger partial charge in [-0.1, -0.05) is 5.21 Å². The fourth-order valence-electron chi connectivity index (χ4n) is 0.144. The number of aromatic amines is 2. The Morgan fingerprint density at radius 3 is 2.30 bits per heavy atom. The van der Waals surface area contributed by atoms with Gasteiger partial charge in [0.1, 0.15) is 5.10 Å².